The number of esters is 1. The minimum absolute atomic E-state index is 0.0978. The summed E-state index contributed by atoms with van der Waals surface area (Å²) in [6.07, 6.45) is -6.56. The van der Waals surface area contributed by atoms with Gasteiger partial charge in [-0.05, 0) is 107 Å². The van der Waals surface area contributed by atoms with Crippen LogP contribution in [0.15, 0.2) is 42.5 Å². The van der Waals surface area contributed by atoms with Crippen molar-refractivity contribution in [1.82, 2.24) is 5.32 Å². The lowest BCUT2D eigenvalue weighted by Gasteiger charge is -2.39. The molecule has 0 spiro atoms. The topological polar surface area (TPSA) is 47.6 Å². The van der Waals surface area contributed by atoms with Gasteiger partial charge in [0, 0.05) is 5.92 Å². The van der Waals surface area contributed by atoms with Crippen LogP contribution >= 0.6 is 0 Å². The van der Waals surface area contributed by atoms with Gasteiger partial charge in [0.25, 0.3) is 0 Å². The second kappa shape index (κ2) is 13.0. The van der Waals surface area contributed by atoms with Crippen LogP contribution in [0, 0.1) is 11.7 Å². The molecule has 0 aromatic heterocycles. The summed E-state index contributed by atoms with van der Waals surface area (Å²) in [7, 11) is 0. The largest absolute Gasteiger partial charge is 0.459 e. The van der Waals surface area contributed by atoms with Crippen molar-refractivity contribution in [3.63, 3.8) is 0 Å². The van der Waals surface area contributed by atoms with E-state index in [4.69, 9.17) is 9.47 Å². The molecule has 4 nitrogen and oxygen atoms in total. The standard InChI is InChI=1S/C33H40F7NO3/c1-20(23-16-24(32(35,36)37)18-25(17-23)33(38,39)40)43-27-13-10-22(28(27)21-8-11-26(34)12-9-21)19-41-31(14-6-5-7-15-31)29(42)44-30(2,3)4/h8-9,11-12,16-18,20,22,27-28,41H,5-7,10,13-15,19H2,1-4H3/t20?,22-,27-,28-/m0/s1. The molecule has 11 heteroatoms. The van der Waals surface area contributed by atoms with E-state index in [1.54, 1.807) is 12.1 Å². The highest BCUT2D eigenvalue weighted by atomic mass is 19.4. The minimum Gasteiger partial charge on any atom is -0.459 e. The first-order valence-corrected chi connectivity index (χ1v) is 15.1. The highest BCUT2D eigenvalue weighted by Gasteiger charge is 2.45. The maximum absolute atomic E-state index is 13.9. The van der Waals surface area contributed by atoms with Crippen molar-refractivity contribution in [3.05, 3.63) is 70.5 Å². The van der Waals surface area contributed by atoms with Gasteiger partial charge < -0.3 is 14.8 Å². The van der Waals surface area contributed by atoms with Gasteiger partial charge in [0.2, 0.25) is 0 Å². The van der Waals surface area contributed by atoms with E-state index in [9.17, 15) is 35.5 Å². The average molecular weight is 632 g/mol. The maximum Gasteiger partial charge on any atom is 0.416 e. The van der Waals surface area contributed by atoms with Crippen LogP contribution in [0.25, 0.3) is 0 Å². The fraction of sp³-hybridized carbons (Fsp3) is 0.606. The van der Waals surface area contributed by atoms with Crippen LogP contribution in [-0.2, 0) is 26.6 Å². The smallest absolute Gasteiger partial charge is 0.416 e. The molecule has 0 amide bonds. The van der Waals surface area contributed by atoms with Crippen LogP contribution in [0.3, 0.4) is 0 Å². The molecule has 0 radical (unpaired) electrons. The molecule has 4 atom stereocenters. The predicted octanol–water partition coefficient (Wildman–Crippen LogP) is 9.14. The molecule has 0 heterocycles. The Morgan fingerprint density at radius 1 is 0.909 bits per heavy atom. The highest BCUT2D eigenvalue weighted by molar-refractivity contribution is 5.81. The van der Waals surface area contributed by atoms with Gasteiger partial charge in [0.15, 0.2) is 0 Å². The Morgan fingerprint density at radius 2 is 1.48 bits per heavy atom. The lowest BCUT2D eigenvalue weighted by atomic mass is 9.80. The van der Waals surface area contributed by atoms with Gasteiger partial charge in [-0.15, -0.1) is 0 Å². The first-order valence-electron chi connectivity index (χ1n) is 15.1. The van der Waals surface area contributed by atoms with Gasteiger partial charge in [-0.2, -0.15) is 26.3 Å². The number of alkyl halides is 6. The van der Waals surface area contributed by atoms with Crippen LogP contribution in [0.2, 0.25) is 0 Å². The molecule has 4 rings (SSSR count). The third kappa shape index (κ3) is 8.33. The second-order valence-corrected chi connectivity index (χ2v) is 13.1. The number of nitrogens with one attached hydrogen (secondary N) is 1. The van der Waals surface area contributed by atoms with Crippen molar-refractivity contribution in [3.8, 4) is 0 Å². The molecule has 1 unspecified atom stereocenters. The van der Waals surface area contributed by atoms with Crippen molar-refractivity contribution < 1.29 is 45.0 Å². The number of hydrogen-bond donors (Lipinski definition) is 1. The van der Waals surface area contributed by atoms with Crippen molar-refractivity contribution in [2.24, 2.45) is 5.92 Å². The van der Waals surface area contributed by atoms with E-state index in [1.165, 1.54) is 19.1 Å². The number of rotatable bonds is 8. The van der Waals surface area contributed by atoms with E-state index >= 15 is 0 Å². The summed E-state index contributed by atoms with van der Waals surface area (Å²) < 4.78 is 107. The van der Waals surface area contributed by atoms with E-state index < -0.39 is 52.6 Å². The number of ether oxygens (including phenoxy) is 2. The summed E-state index contributed by atoms with van der Waals surface area (Å²) in [6.45, 7) is 7.27. The second-order valence-electron chi connectivity index (χ2n) is 13.1. The Hall–Kier alpha value is -2.66. The van der Waals surface area contributed by atoms with Crippen LogP contribution in [0.5, 0.6) is 0 Å². The van der Waals surface area contributed by atoms with Crippen LogP contribution in [-0.4, -0.2) is 29.8 Å². The van der Waals surface area contributed by atoms with Gasteiger partial charge in [-0.1, -0.05) is 31.4 Å². The fourth-order valence-corrected chi connectivity index (χ4v) is 6.46. The summed E-state index contributed by atoms with van der Waals surface area (Å²) >= 11 is 0. The maximum atomic E-state index is 13.9. The van der Waals surface area contributed by atoms with Gasteiger partial charge in [-0.3, -0.25) is 4.79 Å². The zero-order valence-electron chi connectivity index (χ0n) is 25.4. The summed E-state index contributed by atoms with van der Waals surface area (Å²) in [5.41, 5.74) is -3.84. The van der Waals surface area contributed by atoms with Crippen molar-refractivity contribution in [2.75, 3.05) is 6.54 Å². The summed E-state index contributed by atoms with van der Waals surface area (Å²) in [5.74, 6) is -1.21. The Morgan fingerprint density at radius 3 is 2.00 bits per heavy atom. The lowest BCUT2D eigenvalue weighted by Crippen LogP contribution is -2.56. The molecule has 44 heavy (non-hydrogen) atoms. The molecule has 0 aliphatic heterocycles. The molecule has 1 N–H and O–H groups in total. The Balaban J connectivity index is 1.60. The molecule has 0 bridgehead atoms. The Kier molecular flexibility index (Phi) is 10.1. The Labute approximate surface area is 253 Å². The lowest BCUT2D eigenvalue weighted by molar-refractivity contribution is -0.165. The summed E-state index contributed by atoms with van der Waals surface area (Å²) in [4.78, 5) is 13.4. The molecule has 2 aromatic carbocycles. The third-order valence-electron chi connectivity index (χ3n) is 8.64. The van der Waals surface area contributed by atoms with Crippen LogP contribution < -0.4 is 5.32 Å². The zero-order valence-corrected chi connectivity index (χ0v) is 25.4. The highest BCUT2D eigenvalue weighted by Crippen LogP contribution is 2.45. The molecular weight excluding hydrogens is 591 g/mol. The Bertz CT molecular complexity index is 1250. The SMILES string of the molecule is CC(O[C@H]1CC[C@@H](CNC2(C(=O)OC(C)(C)C)CCCCC2)[C@@H]1c1ccc(F)cc1)c1cc(C(F)(F)F)cc(C(F)(F)F)c1. The number of carbonyl (C=O) groups is 1. The minimum atomic E-state index is -4.97. The monoisotopic (exact) mass is 631 g/mol. The van der Waals surface area contributed by atoms with Crippen LogP contribution in [0.1, 0.15) is 107 Å². The number of hydrogen-bond acceptors (Lipinski definition) is 4. The molecule has 2 aromatic rings. The van der Waals surface area contributed by atoms with E-state index in [1.807, 2.05) is 20.8 Å². The van der Waals surface area contributed by atoms with E-state index in [2.05, 4.69) is 5.32 Å². The van der Waals surface area contributed by atoms with Gasteiger partial charge in [0.05, 0.1) is 23.3 Å². The number of carbonyl (C=O) groups excluding carboxylic acids is 1. The molecule has 244 valence electrons. The molecule has 2 fully saturated rings. The molecule has 2 aliphatic carbocycles. The van der Waals surface area contributed by atoms with E-state index in [0.717, 1.165) is 24.8 Å². The van der Waals surface area contributed by atoms with Crippen molar-refractivity contribution in [2.45, 2.75) is 114 Å². The molecule has 0 saturated heterocycles. The van der Waals surface area contributed by atoms with Gasteiger partial charge in [0.1, 0.15) is 17.0 Å². The first kappa shape index (κ1) is 34.2. The zero-order chi connectivity index (χ0) is 32.5. The quantitative estimate of drug-likeness (QED) is 0.233. The fourth-order valence-electron chi connectivity index (χ4n) is 6.46. The number of halogens is 7. The van der Waals surface area contributed by atoms with Gasteiger partial charge in [-0.25, -0.2) is 4.39 Å². The van der Waals surface area contributed by atoms with E-state index in [0.29, 0.717) is 44.4 Å². The first-order chi connectivity index (χ1) is 20.4. The van der Waals surface area contributed by atoms with Crippen LogP contribution in [0.4, 0.5) is 30.7 Å². The van der Waals surface area contributed by atoms with Gasteiger partial charge >= 0.3 is 18.3 Å². The molecule has 2 saturated carbocycles. The predicted molar refractivity (Wildman–Crippen MR) is 151 cm³/mol. The molecular formula is C33H40F7NO3. The average Bonchev–Trinajstić information content (AvgIpc) is 3.32. The normalized spacial score (nSPS) is 23.4. The summed E-state index contributed by atoms with van der Waals surface area (Å²) in [6, 6.07) is 7.34. The number of benzene rings is 2. The molecule has 2 aliphatic rings. The van der Waals surface area contributed by atoms with Crippen molar-refractivity contribution in [1.29, 1.82) is 0 Å². The van der Waals surface area contributed by atoms with E-state index in [-0.39, 0.29) is 29.4 Å². The van der Waals surface area contributed by atoms with Crippen molar-refractivity contribution >= 4 is 5.97 Å². The summed E-state index contributed by atoms with van der Waals surface area (Å²) in [5, 5.41) is 3.51. The third-order valence-corrected chi connectivity index (χ3v) is 8.64.